The van der Waals surface area contributed by atoms with Gasteiger partial charge in [0.2, 0.25) is 5.91 Å². The topological polar surface area (TPSA) is 45.2 Å². The third-order valence-electron chi connectivity index (χ3n) is 6.04. The van der Waals surface area contributed by atoms with Crippen molar-refractivity contribution >= 4 is 11.7 Å². The first-order chi connectivity index (χ1) is 12.7. The quantitative estimate of drug-likeness (QED) is 0.923. The van der Waals surface area contributed by atoms with Crippen molar-refractivity contribution in [2.24, 2.45) is 0 Å². The van der Waals surface area contributed by atoms with Crippen molar-refractivity contribution in [3.63, 3.8) is 0 Å². The summed E-state index contributed by atoms with van der Waals surface area (Å²) in [5, 5.41) is 3.36. The van der Waals surface area contributed by atoms with Crippen LogP contribution in [0.3, 0.4) is 0 Å². The fraction of sp³-hybridized carbons (Fsp3) is 0.455. The number of fused-ring (bicyclic) bond motifs is 1. The van der Waals surface area contributed by atoms with Crippen LogP contribution < -0.4 is 10.2 Å². The molecule has 2 aliphatic rings. The van der Waals surface area contributed by atoms with E-state index in [1.54, 1.807) is 0 Å². The van der Waals surface area contributed by atoms with E-state index in [-0.39, 0.29) is 11.9 Å². The monoisotopic (exact) mass is 349 g/mol. The summed E-state index contributed by atoms with van der Waals surface area (Å²) in [7, 11) is 0. The number of hydrogen-bond acceptors (Lipinski definition) is 3. The molecule has 1 fully saturated rings. The first-order valence-electron chi connectivity index (χ1n) is 9.72. The van der Waals surface area contributed by atoms with Crippen LogP contribution in [0.4, 0.5) is 5.82 Å². The Hall–Kier alpha value is -2.36. The van der Waals surface area contributed by atoms with E-state index in [1.807, 2.05) is 18.3 Å². The molecule has 1 aliphatic heterocycles. The third-order valence-corrected chi connectivity index (χ3v) is 6.04. The Labute approximate surface area is 155 Å². The van der Waals surface area contributed by atoms with Crippen LogP contribution in [-0.4, -0.2) is 30.0 Å². The van der Waals surface area contributed by atoms with Gasteiger partial charge in [-0.1, -0.05) is 30.3 Å². The number of aryl methyl sites for hydroxylation is 1. The number of aromatic nitrogens is 1. The maximum atomic E-state index is 13.2. The summed E-state index contributed by atoms with van der Waals surface area (Å²) >= 11 is 0. The molecule has 1 aromatic heterocycles. The van der Waals surface area contributed by atoms with Gasteiger partial charge in [-0.3, -0.25) is 4.79 Å². The van der Waals surface area contributed by atoms with E-state index >= 15 is 0 Å². The summed E-state index contributed by atoms with van der Waals surface area (Å²) < 4.78 is 0. The number of nitrogens with zero attached hydrogens (tertiary/aromatic N) is 2. The summed E-state index contributed by atoms with van der Waals surface area (Å²) in [5.74, 6) is 1.23. The lowest BCUT2D eigenvalue weighted by Gasteiger charge is -2.38. The van der Waals surface area contributed by atoms with Gasteiger partial charge in [0, 0.05) is 25.3 Å². The summed E-state index contributed by atoms with van der Waals surface area (Å²) in [5.41, 5.74) is 2.16. The number of benzene rings is 1. The predicted octanol–water partition coefficient (Wildman–Crippen LogP) is 3.46. The first kappa shape index (κ1) is 17.1. The van der Waals surface area contributed by atoms with Crippen molar-refractivity contribution in [3.05, 3.63) is 59.8 Å². The Balaban J connectivity index is 1.40. The number of piperidine rings is 1. The minimum Gasteiger partial charge on any atom is -0.356 e. The Bertz CT molecular complexity index is 768. The first-order valence-corrected chi connectivity index (χ1v) is 9.72. The zero-order valence-electron chi connectivity index (χ0n) is 15.4. The van der Waals surface area contributed by atoms with E-state index in [4.69, 9.17) is 0 Å². The lowest BCUT2D eigenvalue weighted by atomic mass is 9.70. The standard InChI is InChI=1S/C22H27N3O/c1-22(13-6-8-17-7-2-3-9-19(17)22)21(26)24-18-11-15-25(16-12-18)20-10-4-5-14-23-20/h2-5,7,9-10,14,18H,6,8,11-13,15-16H2,1H3,(H,24,26). The molecule has 2 heterocycles. The molecule has 1 unspecified atom stereocenters. The van der Waals surface area contributed by atoms with Crippen LogP contribution in [0.5, 0.6) is 0 Å². The molecule has 0 bridgehead atoms. The molecule has 26 heavy (non-hydrogen) atoms. The minimum absolute atomic E-state index is 0.195. The van der Waals surface area contributed by atoms with Crippen molar-refractivity contribution in [2.75, 3.05) is 18.0 Å². The SMILES string of the molecule is CC1(C(=O)NC2CCN(c3ccccn3)CC2)CCCc2ccccc21. The highest BCUT2D eigenvalue weighted by molar-refractivity contribution is 5.88. The molecule has 1 atom stereocenters. The molecule has 1 aromatic carbocycles. The number of hydrogen-bond donors (Lipinski definition) is 1. The Morgan fingerprint density at radius 3 is 2.69 bits per heavy atom. The number of amides is 1. The highest BCUT2D eigenvalue weighted by Gasteiger charge is 2.39. The molecule has 4 nitrogen and oxygen atoms in total. The molecule has 0 spiro atoms. The summed E-state index contributed by atoms with van der Waals surface area (Å²) in [6.45, 7) is 3.99. The normalized spacial score (nSPS) is 23.3. The Kier molecular flexibility index (Phi) is 4.66. The fourth-order valence-electron chi connectivity index (χ4n) is 4.42. The fourth-order valence-corrected chi connectivity index (χ4v) is 4.42. The largest absolute Gasteiger partial charge is 0.356 e. The van der Waals surface area contributed by atoms with Crippen molar-refractivity contribution in [2.45, 2.75) is 50.5 Å². The van der Waals surface area contributed by atoms with Gasteiger partial charge < -0.3 is 10.2 Å². The number of carbonyl (C=O) groups is 1. The van der Waals surface area contributed by atoms with Crippen LogP contribution in [0.15, 0.2) is 48.7 Å². The van der Waals surface area contributed by atoms with Gasteiger partial charge in [0.15, 0.2) is 0 Å². The van der Waals surface area contributed by atoms with Crippen LogP contribution in [0.2, 0.25) is 0 Å². The second-order valence-electron chi connectivity index (χ2n) is 7.77. The third kappa shape index (κ3) is 3.20. The van der Waals surface area contributed by atoms with Crippen molar-refractivity contribution < 1.29 is 4.79 Å². The van der Waals surface area contributed by atoms with Gasteiger partial charge in [0.25, 0.3) is 0 Å². The average Bonchev–Trinajstić information content (AvgIpc) is 2.69. The Morgan fingerprint density at radius 1 is 1.15 bits per heavy atom. The summed E-state index contributed by atoms with van der Waals surface area (Å²) in [4.78, 5) is 19.9. The van der Waals surface area contributed by atoms with E-state index in [0.717, 1.165) is 51.0 Å². The zero-order valence-corrected chi connectivity index (χ0v) is 15.4. The number of rotatable bonds is 3. The predicted molar refractivity (Wildman–Crippen MR) is 104 cm³/mol. The van der Waals surface area contributed by atoms with Crippen LogP contribution in [0.25, 0.3) is 0 Å². The van der Waals surface area contributed by atoms with Crippen molar-refractivity contribution in [3.8, 4) is 0 Å². The van der Waals surface area contributed by atoms with E-state index in [9.17, 15) is 4.79 Å². The van der Waals surface area contributed by atoms with Gasteiger partial charge in [-0.25, -0.2) is 4.98 Å². The molecule has 1 saturated heterocycles. The molecule has 2 aromatic rings. The molecule has 1 N–H and O–H groups in total. The molecule has 0 radical (unpaired) electrons. The summed E-state index contributed by atoms with van der Waals surface area (Å²) in [6.07, 6.45) is 6.88. The maximum Gasteiger partial charge on any atom is 0.230 e. The van der Waals surface area contributed by atoms with Crippen LogP contribution >= 0.6 is 0 Å². The zero-order chi connectivity index (χ0) is 18.0. The summed E-state index contributed by atoms with van der Waals surface area (Å²) in [6, 6.07) is 14.7. The Morgan fingerprint density at radius 2 is 1.92 bits per heavy atom. The second-order valence-corrected chi connectivity index (χ2v) is 7.77. The molecule has 4 rings (SSSR count). The molecule has 1 amide bonds. The van der Waals surface area contributed by atoms with Crippen molar-refractivity contribution in [1.29, 1.82) is 0 Å². The van der Waals surface area contributed by atoms with Gasteiger partial charge in [-0.15, -0.1) is 0 Å². The molecule has 1 aliphatic carbocycles. The molecular weight excluding hydrogens is 322 g/mol. The lowest BCUT2D eigenvalue weighted by Crippen LogP contribution is -2.51. The molecule has 0 saturated carbocycles. The highest BCUT2D eigenvalue weighted by Crippen LogP contribution is 2.37. The van der Waals surface area contributed by atoms with Crippen molar-refractivity contribution in [1.82, 2.24) is 10.3 Å². The van der Waals surface area contributed by atoms with Gasteiger partial charge >= 0.3 is 0 Å². The van der Waals surface area contributed by atoms with Gasteiger partial charge in [0.05, 0.1) is 5.41 Å². The van der Waals surface area contributed by atoms with E-state index in [1.165, 1.54) is 11.1 Å². The average molecular weight is 349 g/mol. The highest BCUT2D eigenvalue weighted by atomic mass is 16.2. The van der Waals surface area contributed by atoms with Gasteiger partial charge in [0.1, 0.15) is 5.82 Å². The molecule has 136 valence electrons. The number of nitrogens with one attached hydrogen (secondary N) is 1. The number of carbonyl (C=O) groups excluding carboxylic acids is 1. The van der Waals surface area contributed by atoms with Gasteiger partial charge in [-0.2, -0.15) is 0 Å². The number of anilines is 1. The maximum absolute atomic E-state index is 13.2. The van der Waals surface area contributed by atoms with Gasteiger partial charge in [-0.05, 0) is 62.3 Å². The van der Waals surface area contributed by atoms with Crippen LogP contribution in [0, 0.1) is 0 Å². The van der Waals surface area contributed by atoms with E-state index < -0.39 is 5.41 Å². The van der Waals surface area contributed by atoms with E-state index in [2.05, 4.69) is 52.5 Å². The molecular formula is C22H27N3O. The van der Waals surface area contributed by atoms with Crippen LogP contribution in [-0.2, 0) is 16.6 Å². The smallest absolute Gasteiger partial charge is 0.230 e. The second kappa shape index (κ2) is 7.10. The van der Waals surface area contributed by atoms with Crippen LogP contribution in [0.1, 0.15) is 43.7 Å². The van der Waals surface area contributed by atoms with E-state index in [0.29, 0.717) is 0 Å². The minimum atomic E-state index is -0.396. The lowest BCUT2D eigenvalue weighted by molar-refractivity contribution is -0.127. The number of pyridine rings is 1. The molecule has 4 heteroatoms.